The maximum atomic E-state index is 13.5. The fraction of sp³-hybridized carbons (Fsp3) is 0.240. The van der Waals surface area contributed by atoms with Gasteiger partial charge in [0.05, 0.1) is 10.8 Å². The normalized spacial score (nSPS) is 11.5. The Morgan fingerprint density at radius 3 is 2.17 bits per heavy atom. The molecule has 0 fully saturated rings. The number of aromatic nitrogens is 1. The average molecular weight is 416 g/mol. The summed E-state index contributed by atoms with van der Waals surface area (Å²) in [5.41, 5.74) is 3.09. The molecule has 0 saturated heterocycles. The second kappa shape index (κ2) is 10.6. The first kappa shape index (κ1) is 21.6. The smallest absolute Gasteiger partial charge is 0.244 e. The quantitative estimate of drug-likeness (QED) is 0.415. The average Bonchev–Trinajstić information content (AvgIpc) is 2.79. The third-order valence-electron chi connectivity index (χ3n) is 4.71. The van der Waals surface area contributed by atoms with Crippen molar-refractivity contribution in [2.75, 3.05) is 4.90 Å². The van der Waals surface area contributed by atoms with Gasteiger partial charge in [0.1, 0.15) is 11.1 Å². The van der Waals surface area contributed by atoms with Gasteiger partial charge in [-0.15, -0.1) is 0 Å². The number of carbonyl (C=O) groups is 1. The van der Waals surface area contributed by atoms with Crippen LogP contribution in [0, 0.1) is 11.3 Å². The van der Waals surface area contributed by atoms with Gasteiger partial charge in [0.25, 0.3) is 0 Å². The number of amides is 1. The van der Waals surface area contributed by atoms with Gasteiger partial charge in [0.2, 0.25) is 5.91 Å². The number of hydrogen-bond acceptors (Lipinski definition) is 4. The number of anilines is 2. The molecule has 0 N–H and O–H groups in total. The van der Waals surface area contributed by atoms with Gasteiger partial charge in [-0.25, -0.2) is 4.98 Å². The van der Waals surface area contributed by atoms with E-state index in [1.54, 1.807) is 4.90 Å². The van der Waals surface area contributed by atoms with Crippen molar-refractivity contribution in [3.05, 3.63) is 84.1 Å². The Morgan fingerprint density at radius 2 is 1.63 bits per heavy atom. The van der Waals surface area contributed by atoms with Crippen molar-refractivity contribution in [3.8, 4) is 6.07 Å². The molecule has 0 aliphatic heterocycles. The van der Waals surface area contributed by atoms with Crippen LogP contribution in [0.25, 0.3) is 0 Å². The van der Waals surface area contributed by atoms with Crippen molar-refractivity contribution in [1.29, 1.82) is 5.26 Å². The first-order chi connectivity index (χ1) is 14.6. The summed E-state index contributed by atoms with van der Waals surface area (Å²) in [4.78, 5) is 19.9. The van der Waals surface area contributed by atoms with Crippen LogP contribution < -0.4 is 4.90 Å². The highest BCUT2D eigenvalue weighted by Crippen LogP contribution is 2.31. The lowest BCUT2D eigenvalue weighted by Crippen LogP contribution is -2.32. The zero-order valence-electron chi connectivity index (χ0n) is 17.3. The second-order valence-corrected chi connectivity index (χ2v) is 8.30. The van der Waals surface area contributed by atoms with Gasteiger partial charge in [0.15, 0.2) is 0 Å². The zero-order valence-corrected chi connectivity index (χ0v) is 18.1. The number of nitriles is 1. The van der Waals surface area contributed by atoms with Crippen LogP contribution in [0.4, 0.5) is 11.4 Å². The van der Waals surface area contributed by atoms with Gasteiger partial charge in [-0.3, -0.25) is 9.69 Å². The van der Waals surface area contributed by atoms with E-state index in [2.05, 4.69) is 18.0 Å². The summed E-state index contributed by atoms with van der Waals surface area (Å²) >= 11 is 1.34. The van der Waals surface area contributed by atoms with Gasteiger partial charge >= 0.3 is 0 Å². The number of benzene rings is 2. The molecule has 3 aromatic rings. The zero-order chi connectivity index (χ0) is 21.3. The molecule has 5 heteroatoms. The fourth-order valence-corrected chi connectivity index (χ4v) is 4.06. The summed E-state index contributed by atoms with van der Waals surface area (Å²) in [6.45, 7) is 4.01. The number of pyridine rings is 1. The molecule has 1 unspecified atom stereocenters. The monoisotopic (exact) mass is 415 g/mol. The molecule has 0 saturated carbocycles. The number of para-hydroxylation sites is 2. The summed E-state index contributed by atoms with van der Waals surface area (Å²) in [5, 5.41) is 9.71. The van der Waals surface area contributed by atoms with Crippen LogP contribution in [0.15, 0.2) is 77.8 Å². The molecule has 4 nitrogen and oxygen atoms in total. The molecule has 0 spiro atoms. The van der Waals surface area contributed by atoms with Crippen molar-refractivity contribution in [2.45, 2.75) is 43.4 Å². The van der Waals surface area contributed by atoms with Crippen LogP contribution >= 0.6 is 11.8 Å². The molecule has 0 radical (unpaired) electrons. The van der Waals surface area contributed by atoms with Gasteiger partial charge in [-0.1, -0.05) is 61.5 Å². The van der Waals surface area contributed by atoms with Gasteiger partial charge < -0.3 is 0 Å². The first-order valence-corrected chi connectivity index (χ1v) is 11.0. The van der Waals surface area contributed by atoms with Crippen LogP contribution in [0.1, 0.15) is 37.9 Å². The molecule has 1 amide bonds. The standard InChI is InChI=1S/C25H25N3OS/c1-3-4-11-21-17-16-20(18-26)24(27-21)30-19(2)25(29)28(22-12-7-5-8-13-22)23-14-9-6-10-15-23/h5-10,12-17,19H,3-4,11H2,1-2H3. The first-order valence-electron chi connectivity index (χ1n) is 10.1. The summed E-state index contributed by atoms with van der Waals surface area (Å²) in [6.07, 6.45) is 3.01. The maximum absolute atomic E-state index is 13.5. The van der Waals surface area contributed by atoms with E-state index in [4.69, 9.17) is 0 Å². The van der Waals surface area contributed by atoms with Crippen LogP contribution in [0.2, 0.25) is 0 Å². The molecular weight excluding hydrogens is 390 g/mol. The molecule has 3 rings (SSSR count). The summed E-state index contributed by atoms with van der Waals surface area (Å²) in [5.74, 6) is -0.0537. The molecule has 0 bridgehead atoms. The predicted molar refractivity (Wildman–Crippen MR) is 123 cm³/mol. The van der Waals surface area contributed by atoms with Gasteiger partial charge in [-0.05, 0) is 56.2 Å². The molecule has 1 heterocycles. The highest BCUT2D eigenvalue weighted by atomic mass is 32.2. The minimum absolute atomic E-state index is 0.0537. The van der Waals surface area contributed by atoms with Crippen molar-refractivity contribution in [3.63, 3.8) is 0 Å². The predicted octanol–water partition coefficient (Wildman–Crippen LogP) is 6.14. The molecule has 152 valence electrons. The Labute approximate surface area is 182 Å². The molecule has 30 heavy (non-hydrogen) atoms. The number of hydrogen-bond donors (Lipinski definition) is 0. The highest BCUT2D eigenvalue weighted by molar-refractivity contribution is 8.00. The largest absolute Gasteiger partial charge is 0.280 e. The number of unbranched alkanes of at least 4 members (excludes halogenated alkanes) is 1. The minimum atomic E-state index is -0.411. The van der Waals surface area contributed by atoms with E-state index in [-0.39, 0.29) is 5.91 Å². The number of carbonyl (C=O) groups excluding carboxylic acids is 1. The highest BCUT2D eigenvalue weighted by Gasteiger charge is 2.25. The lowest BCUT2D eigenvalue weighted by atomic mass is 10.2. The Bertz CT molecular complexity index is 976. The van der Waals surface area contributed by atoms with E-state index in [1.165, 1.54) is 11.8 Å². The summed E-state index contributed by atoms with van der Waals surface area (Å²) < 4.78 is 0. The minimum Gasteiger partial charge on any atom is -0.280 e. The van der Waals surface area contributed by atoms with E-state index in [1.807, 2.05) is 79.7 Å². The number of rotatable bonds is 8. The van der Waals surface area contributed by atoms with Crippen LogP contribution in [-0.4, -0.2) is 16.1 Å². The molecule has 0 aliphatic carbocycles. The lowest BCUT2D eigenvalue weighted by Gasteiger charge is -2.26. The van der Waals surface area contributed by atoms with Crippen molar-refractivity contribution in [1.82, 2.24) is 4.98 Å². The number of thioether (sulfide) groups is 1. The maximum Gasteiger partial charge on any atom is 0.244 e. The third-order valence-corrected chi connectivity index (χ3v) is 5.80. The van der Waals surface area contributed by atoms with E-state index >= 15 is 0 Å². The van der Waals surface area contributed by atoms with Gasteiger partial charge in [0, 0.05) is 17.1 Å². The Balaban J connectivity index is 1.89. The van der Waals surface area contributed by atoms with Crippen molar-refractivity contribution >= 4 is 29.0 Å². The molecule has 1 aromatic heterocycles. The van der Waals surface area contributed by atoms with Crippen LogP contribution in [-0.2, 0) is 11.2 Å². The lowest BCUT2D eigenvalue weighted by molar-refractivity contribution is -0.117. The fourth-order valence-electron chi connectivity index (χ4n) is 3.11. The molecule has 0 aliphatic rings. The Kier molecular flexibility index (Phi) is 7.64. The summed E-state index contributed by atoms with van der Waals surface area (Å²) in [6, 6.07) is 25.2. The van der Waals surface area contributed by atoms with E-state index < -0.39 is 5.25 Å². The van der Waals surface area contributed by atoms with E-state index in [0.717, 1.165) is 36.3 Å². The SMILES string of the molecule is CCCCc1ccc(C#N)c(SC(C)C(=O)N(c2ccccc2)c2ccccc2)n1. The van der Waals surface area contributed by atoms with E-state index in [0.29, 0.717) is 10.6 Å². The molecule has 2 aromatic carbocycles. The summed E-state index contributed by atoms with van der Waals surface area (Å²) in [7, 11) is 0. The van der Waals surface area contributed by atoms with Crippen LogP contribution in [0.3, 0.4) is 0 Å². The van der Waals surface area contributed by atoms with Crippen molar-refractivity contribution < 1.29 is 4.79 Å². The second-order valence-electron chi connectivity index (χ2n) is 6.98. The Hall–Kier alpha value is -3.10. The third kappa shape index (κ3) is 5.28. The molecular formula is C25H25N3OS. The van der Waals surface area contributed by atoms with Crippen molar-refractivity contribution in [2.24, 2.45) is 0 Å². The van der Waals surface area contributed by atoms with E-state index in [9.17, 15) is 10.1 Å². The van der Waals surface area contributed by atoms with Gasteiger partial charge in [-0.2, -0.15) is 5.26 Å². The van der Waals surface area contributed by atoms with Crippen LogP contribution in [0.5, 0.6) is 0 Å². The molecule has 1 atom stereocenters. The Morgan fingerprint density at radius 1 is 1.03 bits per heavy atom. The number of nitrogens with zero attached hydrogens (tertiary/aromatic N) is 3. The number of aryl methyl sites for hydroxylation is 1. The topological polar surface area (TPSA) is 57.0 Å².